The maximum Gasteiger partial charge on any atom is 0.261 e. The zero-order chi connectivity index (χ0) is 20.0. The zero-order valence-electron chi connectivity index (χ0n) is 15.8. The number of fused-ring (bicyclic) bond motifs is 1. The summed E-state index contributed by atoms with van der Waals surface area (Å²) in [6.07, 6.45) is 0. The van der Waals surface area contributed by atoms with Crippen LogP contribution in [0.5, 0.6) is 0 Å². The van der Waals surface area contributed by atoms with E-state index in [1.165, 1.54) is 30.3 Å². The van der Waals surface area contributed by atoms with Gasteiger partial charge in [-0.15, -0.1) is 0 Å². The highest BCUT2D eigenvalue weighted by Gasteiger charge is 2.39. The van der Waals surface area contributed by atoms with Gasteiger partial charge in [-0.1, -0.05) is 27.7 Å². The molecule has 1 heterocycles. The van der Waals surface area contributed by atoms with Crippen molar-refractivity contribution in [2.24, 2.45) is 5.92 Å². The Labute approximate surface area is 159 Å². The minimum atomic E-state index is -3.83. The Morgan fingerprint density at radius 3 is 2.37 bits per heavy atom. The second-order valence-electron chi connectivity index (χ2n) is 7.75. The smallest absolute Gasteiger partial charge is 0.261 e. The van der Waals surface area contributed by atoms with Crippen LogP contribution in [0, 0.1) is 11.7 Å². The van der Waals surface area contributed by atoms with Gasteiger partial charge < -0.3 is 4.90 Å². The molecule has 0 fully saturated rings. The van der Waals surface area contributed by atoms with Crippen LogP contribution < -0.4 is 9.62 Å². The van der Waals surface area contributed by atoms with Gasteiger partial charge in [-0.2, -0.15) is 0 Å². The molecule has 3 rings (SSSR count). The third-order valence-electron chi connectivity index (χ3n) is 4.71. The maximum absolute atomic E-state index is 13.0. The van der Waals surface area contributed by atoms with Gasteiger partial charge in [-0.25, -0.2) is 12.8 Å². The summed E-state index contributed by atoms with van der Waals surface area (Å²) in [6.45, 7) is 8.18. The maximum atomic E-state index is 13.0. The summed E-state index contributed by atoms with van der Waals surface area (Å²) in [5.41, 5.74) is 1.49. The third-order valence-corrected chi connectivity index (χ3v) is 6.09. The first-order chi connectivity index (χ1) is 12.5. The van der Waals surface area contributed by atoms with Gasteiger partial charge >= 0.3 is 0 Å². The highest BCUT2D eigenvalue weighted by Crippen LogP contribution is 2.42. The van der Waals surface area contributed by atoms with Crippen molar-refractivity contribution in [3.05, 3.63) is 53.8 Å². The van der Waals surface area contributed by atoms with E-state index in [2.05, 4.69) is 4.72 Å². The number of carbonyl (C=O) groups excluding carboxylic acids is 1. The van der Waals surface area contributed by atoms with E-state index < -0.39 is 15.8 Å². The molecule has 2 aromatic carbocycles. The molecule has 7 heteroatoms. The van der Waals surface area contributed by atoms with E-state index in [0.29, 0.717) is 6.54 Å². The van der Waals surface area contributed by atoms with Gasteiger partial charge in [-0.3, -0.25) is 9.52 Å². The number of rotatable bonds is 4. The first-order valence-electron chi connectivity index (χ1n) is 8.75. The predicted molar refractivity (Wildman–Crippen MR) is 104 cm³/mol. The van der Waals surface area contributed by atoms with Crippen LogP contribution in [0.4, 0.5) is 15.8 Å². The number of anilines is 2. The Morgan fingerprint density at radius 1 is 1.15 bits per heavy atom. The molecule has 144 valence electrons. The quantitative estimate of drug-likeness (QED) is 0.861. The van der Waals surface area contributed by atoms with Gasteiger partial charge in [0.2, 0.25) is 5.91 Å². The number of sulfonamides is 1. The standard InChI is InChI=1S/C20H23FN2O3S/c1-13(2)19(24)23-12-20(3,4)17-11-16(9-10-18(17)23)27(25,26)22-15-7-5-14(21)6-8-15/h5-11,13,22H,12H2,1-4H3. The fourth-order valence-corrected chi connectivity index (χ4v) is 4.35. The molecular weight excluding hydrogens is 367 g/mol. The molecule has 0 aliphatic carbocycles. The Morgan fingerprint density at radius 2 is 1.78 bits per heavy atom. The lowest BCUT2D eigenvalue weighted by molar-refractivity contribution is -0.121. The van der Waals surface area contributed by atoms with Crippen molar-refractivity contribution in [2.75, 3.05) is 16.2 Å². The largest absolute Gasteiger partial charge is 0.311 e. The van der Waals surface area contributed by atoms with E-state index in [4.69, 9.17) is 0 Å². The second kappa shape index (κ2) is 6.64. The van der Waals surface area contributed by atoms with E-state index in [1.54, 1.807) is 17.0 Å². The van der Waals surface area contributed by atoms with Crippen LogP contribution in [0.3, 0.4) is 0 Å². The van der Waals surface area contributed by atoms with Crippen molar-refractivity contribution in [1.29, 1.82) is 0 Å². The van der Waals surface area contributed by atoms with Gasteiger partial charge in [0.25, 0.3) is 10.0 Å². The monoisotopic (exact) mass is 390 g/mol. The number of carbonyl (C=O) groups is 1. The molecule has 0 saturated heterocycles. The normalized spacial score (nSPS) is 15.7. The summed E-state index contributed by atoms with van der Waals surface area (Å²) in [4.78, 5) is 14.3. The van der Waals surface area contributed by atoms with Crippen LogP contribution in [0.2, 0.25) is 0 Å². The molecule has 0 unspecified atom stereocenters. The Kier molecular flexibility index (Phi) is 4.76. The van der Waals surface area contributed by atoms with Gasteiger partial charge in [0.1, 0.15) is 5.82 Å². The number of hydrogen-bond acceptors (Lipinski definition) is 3. The van der Waals surface area contributed by atoms with E-state index in [9.17, 15) is 17.6 Å². The molecule has 1 N–H and O–H groups in total. The first kappa shape index (κ1) is 19.4. The van der Waals surface area contributed by atoms with Gasteiger partial charge in [0.05, 0.1) is 4.90 Å². The minimum absolute atomic E-state index is 0.0156. The molecule has 1 aliphatic heterocycles. The molecule has 0 saturated carbocycles. The molecule has 0 aromatic heterocycles. The lowest BCUT2D eigenvalue weighted by Crippen LogP contribution is -2.36. The van der Waals surface area contributed by atoms with Crippen molar-refractivity contribution in [3.63, 3.8) is 0 Å². The topological polar surface area (TPSA) is 66.5 Å². The van der Waals surface area contributed by atoms with Crippen molar-refractivity contribution in [3.8, 4) is 0 Å². The average Bonchev–Trinajstić information content (AvgIpc) is 2.87. The van der Waals surface area contributed by atoms with Crippen LogP contribution in [-0.4, -0.2) is 20.9 Å². The number of hydrogen-bond donors (Lipinski definition) is 1. The first-order valence-corrected chi connectivity index (χ1v) is 10.2. The minimum Gasteiger partial charge on any atom is -0.311 e. The molecule has 5 nitrogen and oxygen atoms in total. The Balaban J connectivity index is 1.97. The summed E-state index contributed by atoms with van der Waals surface area (Å²) in [6, 6.07) is 9.92. The molecular formula is C20H23FN2O3S. The second-order valence-corrected chi connectivity index (χ2v) is 9.44. The molecule has 0 radical (unpaired) electrons. The average molecular weight is 390 g/mol. The summed E-state index contributed by atoms with van der Waals surface area (Å²) in [7, 11) is -3.83. The van der Waals surface area contributed by atoms with Gasteiger partial charge in [0.15, 0.2) is 0 Å². The number of halogens is 1. The molecule has 2 aromatic rings. The zero-order valence-corrected chi connectivity index (χ0v) is 16.6. The van der Waals surface area contributed by atoms with Crippen molar-refractivity contribution < 1.29 is 17.6 Å². The van der Waals surface area contributed by atoms with Crippen LogP contribution in [0.1, 0.15) is 33.3 Å². The fraction of sp³-hybridized carbons (Fsp3) is 0.350. The predicted octanol–water partition coefficient (Wildman–Crippen LogP) is 3.91. The molecule has 27 heavy (non-hydrogen) atoms. The van der Waals surface area contributed by atoms with E-state index in [-0.39, 0.29) is 27.8 Å². The fourth-order valence-electron chi connectivity index (χ4n) is 3.27. The number of benzene rings is 2. The lowest BCUT2D eigenvalue weighted by Gasteiger charge is -2.22. The van der Waals surface area contributed by atoms with Crippen molar-refractivity contribution >= 4 is 27.3 Å². The molecule has 0 spiro atoms. The third kappa shape index (κ3) is 3.69. The molecule has 1 amide bonds. The van der Waals surface area contributed by atoms with Crippen molar-refractivity contribution in [1.82, 2.24) is 0 Å². The number of nitrogens with one attached hydrogen (secondary N) is 1. The summed E-state index contributed by atoms with van der Waals surface area (Å²) in [5.74, 6) is -0.565. The summed E-state index contributed by atoms with van der Waals surface area (Å²) >= 11 is 0. The summed E-state index contributed by atoms with van der Waals surface area (Å²) < 4.78 is 41.0. The molecule has 0 bridgehead atoms. The van der Waals surface area contributed by atoms with Crippen LogP contribution in [-0.2, 0) is 20.2 Å². The van der Waals surface area contributed by atoms with Gasteiger partial charge in [-0.05, 0) is 48.0 Å². The SMILES string of the molecule is CC(C)C(=O)N1CC(C)(C)c2cc(S(=O)(=O)Nc3ccc(F)cc3)ccc21. The van der Waals surface area contributed by atoms with Crippen molar-refractivity contribution in [2.45, 2.75) is 38.0 Å². The van der Waals surface area contributed by atoms with E-state index in [0.717, 1.165) is 11.3 Å². The number of amides is 1. The van der Waals surface area contributed by atoms with E-state index in [1.807, 2.05) is 27.7 Å². The summed E-state index contributed by atoms with van der Waals surface area (Å²) in [5, 5.41) is 0. The highest BCUT2D eigenvalue weighted by atomic mass is 32.2. The lowest BCUT2D eigenvalue weighted by atomic mass is 9.87. The number of nitrogens with zero attached hydrogens (tertiary/aromatic N) is 1. The molecule has 0 atom stereocenters. The molecule has 1 aliphatic rings. The highest BCUT2D eigenvalue weighted by molar-refractivity contribution is 7.92. The van der Waals surface area contributed by atoms with E-state index >= 15 is 0 Å². The van der Waals surface area contributed by atoms with Crippen LogP contribution in [0.25, 0.3) is 0 Å². The van der Waals surface area contributed by atoms with Crippen LogP contribution in [0.15, 0.2) is 47.4 Å². The van der Waals surface area contributed by atoms with Gasteiger partial charge in [0, 0.05) is 29.3 Å². The van der Waals surface area contributed by atoms with Crippen LogP contribution >= 0.6 is 0 Å². The Hall–Kier alpha value is -2.41. The Bertz CT molecular complexity index is 983.